The number of carbonyl (C=O) groups excluding carboxylic acids is 2. The highest BCUT2D eigenvalue weighted by molar-refractivity contribution is 5.92. The van der Waals surface area contributed by atoms with E-state index in [-0.39, 0.29) is 13.2 Å². The van der Waals surface area contributed by atoms with Gasteiger partial charge in [-0.25, -0.2) is 4.98 Å². The summed E-state index contributed by atoms with van der Waals surface area (Å²) in [4.78, 5) is 27.9. The van der Waals surface area contributed by atoms with E-state index in [1.807, 2.05) is 30.3 Å². The van der Waals surface area contributed by atoms with Crippen molar-refractivity contribution >= 4 is 28.6 Å². The molecule has 0 radical (unpaired) electrons. The maximum Gasteiger partial charge on any atom is 0.326 e. The van der Waals surface area contributed by atoms with Crippen LogP contribution in [0.2, 0.25) is 0 Å². The van der Waals surface area contributed by atoms with Gasteiger partial charge >= 0.3 is 5.97 Å². The summed E-state index contributed by atoms with van der Waals surface area (Å²) in [6, 6.07) is 15.8. The van der Waals surface area contributed by atoms with Gasteiger partial charge in [-0.05, 0) is 36.4 Å². The van der Waals surface area contributed by atoms with Crippen LogP contribution in [0, 0.1) is 11.3 Å². The van der Waals surface area contributed by atoms with E-state index in [9.17, 15) is 9.59 Å². The Morgan fingerprint density at radius 3 is 2.68 bits per heavy atom. The number of para-hydroxylation sites is 2. The fourth-order valence-electron chi connectivity index (χ4n) is 2.29. The number of benzene rings is 2. The highest BCUT2D eigenvalue weighted by Gasteiger charge is 2.10. The first-order valence-corrected chi connectivity index (χ1v) is 7.51. The van der Waals surface area contributed by atoms with E-state index in [1.54, 1.807) is 35.2 Å². The Morgan fingerprint density at radius 1 is 1.16 bits per heavy atom. The summed E-state index contributed by atoms with van der Waals surface area (Å²) >= 11 is 0. The summed E-state index contributed by atoms with van der Waals surface area (Å²) in [6.07, 6.45) is 1.56. The summed E-state index contributed by atoms with van der Waals surface area (Å²) in [6.45, 7) is -0.407. The molecule has 0 aliphatic rings. The number of imidazole rings is 1. The van der Waals surface area contributed by atoms with E-state index in [4.69, 9.17) is 10.00 Å². The molecule has 25 heavy (non-hydrogen) atoms. The van der Waals surface area contributed by atoms with Gasteiger partial charge in [0, 0.05) is 5.69 Å². The number of hydrogen-bond donors (Lipinski definition) is 1. The molecule has 2 aromatic carbocycles. The number of anilines is 1. The highest BCUT2D eigenvalue weighted by Crippen LogP contribution is 2.12. The largest absolute Gasteiger partial charge is 0.454 e. The molecular weight excluding hydrogens is 320 g/mol. The van der Waals surface area contributed by atoms with Crippen molar-refractivity contribution in [2.24, 2.45) is 0 Å². The van der Waals surface area contributed by atoms with E-state index in [0.29, 0.717) is 11.3 Å². The number of aromatic nitrogens is 2. The lowest BCUT2D eigenvalue weighted by Gasteiger charge is -2.07. The fourth-order valence-corrected chi connectivity index (χ4v) is 2.29. The molecule has 0 aliphatic heterocycles. The Balaban J connectivity index is 1.51. The van der Waals surface area contributed by atoms with E-state index >= 15 is 0 Å². The molecule has 7 nitrogen and oxygen atoms in total. The lowest BCUT2D eigenvalue weighted by molar-refractivity contribution is -0.147. The van der Waals surface area contributed by atoms with Crippen molar-refractivity contribution < 1.29 is 14.3 Å². The number of nitriles is 1. The lowest BCUT2D eigenvalue weighted by atomic mass is 10.2. The van der Waals surface area contributed by atoms with Crippen molar-refractivity contribution in [3.63, 3.8) is 0 Å². The average molecular weight is 334 g/mol. The summed E-state index contributed by atoms with van der Waals surface area (Å²) in [7, 11) is 0. The Bertz CT molecular complexity index is 954. The SMILES string of the molecule is N#Cc1ccc(NC(=O)COC(=O)Cn2cnc3ccccc32)cc1. The minimum Gasteiger partial charge on any atom is -0.454 e. The number of amides is 1. The van der Waals surface area contributed by atoms with Crippen molar-refractivity contribution in [1.29, 1.82) is 5.26 Å². The number of ether oxygens (including phenoxy) is 1. The first kappa shape index (κ1) is 16.2. The van der Waals surface area contributed by atoms with Gasteiger partial charge in [-0.15, -0.1) is 0 Å². The molecule has 1 amide bonds. The quantitative estimate of drug-likeness (QED) is 0.721. The van der Waals surface area contributed by atoms with Crippen molar-refractivity contribution in [3.05, 3.63) is 60.4 Å². The van der Waals surface area contributed by atoms with Crippen LogP contribution in [0.25, 0.3) is 11.0 Å². The lowest BCUT2D eigenvalue weighted by Crippen LogP contribution is -2.22. The van der Waals surface area contributed by atoms with E-state index < -0.39 is 11.9 Å². The standard InChI is InChI=1S/C18H14N4O3/c19-9-13-5-7-14(8-6-13)21-17(23)11-25-18(24)10-22-12-20-15-3-1-2-4-16(15)22/h1-8,12H,10-11H2,(H,21,23). The first-order chi connectivity index (χ1) is 12.2. The topological polar surface area (TPSA) is 97.0 Å². The number of fused-ring (bicyclic) bond motifs is 1. The smallest absolute Gasteiger partial charge is 0.326 e. The third-order valence-corrected chi connectivity index (χ3v) is 3.49. The van der Waals surface area contributed by atoms with Crippen LogP contribution in [-0.4, -0.2) is 28.0 Å². The molecule has 3 rings (SSSR count). The van der Waals surface area contributed by atoms with Gasteiger partial charge in [0.2, 0.25) is 0 Å². The number of esters is 1. The molecule has 0 saturated carbocycles. The molecule has 0 saturated heterocycles. The molecule has 7 heteroatoms. The molecule has 3 aromatic rings. The van der Waals surface area contributed by atoms with Crippen LogP contribution in [0.5, 0.6) is 0 Å². The van der Waals surface area contributed by atoms with Crippen molar-refractivity contribution in [2.75, 3.05) is 11.9 Å². The molecule has 0 fully saturated rings. The molecule has 0 unspecified atom stereocenters. The van der Waals surface area contributed by atoms with Gasteiger partial charge in [0.1, 0.15) is 6.54 Å². The molecule has 124 valence electrons. The molecular formula is C18H14N4O3. The third-order valence-electron chi connectivity index (χ3n) is 3.49. The Morgan fingerprint density at radius 2 is 1.92 bits per heavy atom. The summed E-state index contributed by atoms with van der Waals surface area (Å²) in [5.41, 5.74) is 2.63. The Kier molecular flexibility index (Phi) is 4.72. The third kappa shape index (κ3) is 4.00. The minimum absolute atomic E-state index is 0.0232. The second-order valence-corrected chi connectivity index (χ2v) is 5.26. The van der Waals surface area contributed by atoms with Crippen LogP contribution in [0.1, 0.15) is 5.56 Å². The first-order valence-electron chi connectivity index (χ1n) is 7.51. The Hall–Kier alpha value is -3.66. The van der Waals surface area contributed by atoms with Crippen molar-refractivity contribution in [3.8, 4) is 6.07 Å². The van der Waals surface area contributed by atoms with Gasteiger partial charge in [0.05, 0.1) is 29.0 Å². The van der Waals surface area contributed by atoms with Gasteiger partial charge in [-0.1, -0.05) is 12.1 Å². The number of rotatable bonds is 5. The average Bonchev–Trinajstić information content (AvgIpc) is 3.04. The van der Waals surface area contributed by atoms with Crippen LogP contribution in [-0.2, 0) is 20.9 Å². The van der Waals surface area contributed by atoms with Crippen LogP contribution in [0.4, 0.5) is 5.69 Å². The Labute approximate surface area is 143 Å². The van der Waals surface area contributed by atoms with Crippen LogP contribution >= 0.6 is 0 Å². The van der Waals surface area contributed by atoms with Gasteiger partial charge < -0.3 is 14.6 Å². The summed E-state index contributed by atoms with van der Waals surface area (Å²) < 4.78 is 6.65. The van der Waals surface area contributed by atoms with Crippen molar-refractivity contribution in [2.45, 2.75) is 6.54 Å². The molecule has 1 heterocycles. The second kappa shape index (κ2) is 7.27. The monoisotopic (exact) mass is 334 g/mol. The zero-order chi connectivity index (χ0) is 17.6. The molecule has 0 atom stereocenters. The van der Waals surface area contributed by atoms with Gasteiger partial charge in [0.15, 0.2) is 6.61 Å². The van der Waals surface area contributed by atoms with Gasteiger partial charge in [-0.2, -0.15) is 5.26 Å². The predicted octanol–water partition coefficient (Wildman–Crippen LogP) is 2.09. The van der Waals surface area contributed by atoms with E-state index in [0.717, 1.165) is 11.0 Å². The predicted molar refractivity (Wildman–Crippen MR) is 90.5 cm³/mol. The zero-order valence-corrected chi connectivity index (χ0v) is 13.2. The van der Waals surface area contributed by atoms with Gasteiger partial charge in [-0.3, -0.25) is 9.59 Å². The number of carbonyl (C=O) groups is 2. The summed E-state index contributed by atoms with van der Waals surface area (Å²) in [5.74, 6) is -0.980. The van der Waals surface area contributed by atoms with Crippen LogP contribution in [0.15, 0.2) is 54.9 Å². The van der Waals surface area contributed by atoms with E-state index in [2.05, 4.69) is 10.3 Å². The fraction of sp³-hybridized carbons (Fsp3) is 0.111. The molecule has 1 aromatic heterocycles. The maximum absolute atomic E-state index is 11.9. The number of hydrogen-bond acceptors (Lipinski definition) is 5. The van der Waals surface area contributed by atoms with Crippen LogP contribution < -0.4 is 5.32 Å². The number of nitrogens with one attached hydrogen (secondary N) is 1. The second-order valence-electron chi connectivity index (χ2n) is 5.26. The normalized spacial score (nSPS) is 10.2. The van der Waals surface area contributed by atoms with E-state index in [1.165, 1.54) is 0 Å². The maximum atomic E-state index is 11.9. The molecule has 0 spiro atoms. The molecule has 0 bridgehead atoms. The van der Waals surface area contributed by atoms with Crippen LogP contribution in [0.3, 0.4) is 0 Å². The highest BCUT2D eigenvalue weighted by atomic mass is 16.5. The molecule has 1 N–H and O–H groups in total. The van der Waals surface area contributed by atoms with Crippen molar-refractivity contribution in [1.82, 2.24) is 9.55 Å². The minimum atomic E-state index is -0.530. The number of nitrogens with zero attached hydrogens (tertiary/aromatic N) is 3. The summed E-state index contributed by atoms with van der Waals surface area (Å²) in [5, 5.41) is 11.3. The van der Waals surface area contributed by atoms with Gasteiger partial charge in [0.25, 0.3) is 5.91 Å². The molecule has 0 aliphatic carbocycles. The zero-order valence-electron chi connectivity index (χ0n) is 13.2.